The summed E-state index contributed by atoms with van der Waals surface area (Å²) in [5, 5.41) is 3.09. The second kappa shape index (κ2) is 6.48. The van der Waals surface area contributed by atoms with Crippen LogP contribution in [0.5, 0.6) is 0 Å². The summed E-state index contributed by atoms with van der Waals surface area (Å²) in [7, 11) is 0. The van der Waals surface area contributed by atoms with Gasteiger partial charge in [0.15, 0.2) is 5.78 Å². The summed E-state index contributed by atoms with van der Waals surface area (Å²) >= 11 is 3.33. The molecule has 0 spiro atoms. The van der Waals surface area contributed by atoms with Gasteiger partial charge in [-0.15, -0.1) is 0 Å². The second-order valence-electron chi connectivity index (χ2n) is 4.11. The van der Waals surface area contributed by atoms with E-state index in [-0.39, 0.29) is 11.6 Å². The van der Waals surface area contributed by atoms with Gasteiger partial charge in [-0.05, 0) is 36.4 Å². The van der Waals surface area contributed by atoms with E-state index in [2.05, 4.69) is 21.2 Å². The first-order valence-corrected chi connectivity index (χ1v) is 6.72. The molecule has 0 amide bonds. The number of Topliss-reactive ketones (excluding diaryl/α,β-unsaturated/α-hetero) is 1. The topological polar surface area (TPSA) is 29.1 Å². The van der Waals surface area contributed by atoms with E-state index in [1.54, 1.807) is 24.3 Å². The van der Waals surface area contributed by atoms with Gasteiger partial charge in [0.05, 0.1) is 0 Å². The molecule has 2 nitrogen and oxygen atoms in total. The minimum absolute atomic E-state index is 0.0853. The lowest BCUT2D eigenvalue weighted by molar-refractivity contribution is 0.0986. The van der Waals surface area contributed by atoms with Gasteiger partial charge in [-0.1, -0.05) is 28.1 Å². The molecule has 0 heterocycles. The van der Waals surface area contributed by atoms with E-state index < -0.39 is 0 Å². The first-order valence-electron chi connectivity index (χ1n) is 5.93. The van der Waals surface area contributed by atoms with Crippen LogP contribution < -0.4 is 5.32 Å². The summed E-state index contributed by atoms with van der Waals surface area (Å²) in [6, 6.07) is 13.4. The Morgan fingerprint density at radius 1 is 1.05 bits per heavy atom. The lowest BCUT2D eigenvalue weighted by Crippen LogP contribution is -2.08. The van der Waals surface area contributed by atoms with Gasteiger partial charge in [-0.2, -0.15) is 0 Å². The van der Waals surface area contributed by atoms with Gasteiger partial charge in [0.1, 0.15) is 5.82 Å². The normalized spacial score (nSPS) is 10.2. The fourth-order valence-corrected chi connectivity index (χ4v) is 1.93. The Hall–Kier alpha value is -1.68. The van der Waals surface area contributed by atoms with Crippen LogP contribution in [0.1, 0.15) is 16.8 Å². The minimum Gasteiger partial charge on any atom is -0.385 e. The summed E-state index contributed by atoms with van der Waals surface area (Å²) in [4.78, 5) is 11.9. The molecule has 0 aliphatic heterocycles. The van der Waals surface area contributed by atoms with Crippen LogP contribution in [0.4, 0.5) is 10.1 Å². The van der Waals surface area contributed by atoms with Gasteiger partial charge < -0.3 is 5.32 Å². The molecule has 1 N–H and O–H groups in total. The highest BCUT2D eigenvalue weighted by Crippen LogP contribution is 2.12. The third kappa shape index (κ3) is 4.17. The maximum atomic E-state index is 12.7. The van der Waals surface area contributed by atoms with Gasteiger partial charge in [0.2, 0.25) is 0 Å². The van der Waals surface area contributed by atoms with Crippen LogP contribution in [0, 0.1) is 5.82 Å². The molecule has 2 rings (SSSR count). The molecule has 0 atom stereocenters. The molecule has 98 valence electrons. The Kier molecular flexibility index (Phi) is 4.68. The van der Waals surface area contributed by atoms with Crippen LogP contribution >= 0.6 is 15.9 Å². The Morgan fingerprint density at radius 2 is 1.68 bits per heavy atom. The van der Waals surface area contributed by atoms with Crippen LogP contribution in [0.3, 0.4) is 0 Å². The van der Waals surface area contributed by atoms with Crippen molar-refractivity contribution in [1.29, 1.82) is 0 Å². The third-order valence-electron chi connectivity index (χ3n) is 2.69. The molecule has 0 radical (unpaired) electrons. The van der Waals surface area contributed by atoms with Crippen LogP contribution in [0.25, 0.3) is 0 Å². The maximum absolute atomic E-state index is 12.7. The molecule has 0 saturated carbocycles. The Balaban J connectivity index is 1.84. The fraction of sp³-hybridized carbons (Fsp3) is 0.133. The quantitative estimate of drug-likeness (QED) is 0.833. The molecular weight excluding hydrogens is 309 g/mol. The number of carbonyl (C=O) groups excluding carboxylic acids is 1. The second-order valence-corrected chi connectivity index (χ2v) is 5.03. The summed E-state index contributed by atoms with van der Waals surface area (Å²) < 4.78 is 13.7. The van der Waals surface area contributed by atoms with Crippen molar-refractivity contribution >= 4 is 27.4 Å². The van der Waals surface area contributed by atoms with Crippen molar-refractivity contribution in [3.05, 3.63) is 64.4 Å². The van der Waals surface area contributed by atoms with E-state index in [9.17, 15) is 9.18 Å². The third-order valence-corrected chi connectivity index (χ3v) is 3.22. The highest BCUT2D eigenvalue weighted by Gasteiger charge is 2.05. The number of carbonyl (C=O) groups is 1. The van der Waals surface area contributed by atoms with Crippen molar-refractivity contribution < 1.29 is 9.18 Å². The van der Waals surface area contributed by atoms with Crippen LogP contribution in [0.15, 0.2) is 53.0 Å². The van der Waals surface area contributed by atoms with Crippen molar-refractivity contribution in [1.82, 2.24) is 0 Å². The van der Waals surface area contributed by atoms with Crippen LogP contribution in [-0.4, -0.2) is 12.3 Å². The summed E-state index contributed by atoms with van der Waals surface area (Å²) in [6.07, 6.45) is 0.402. The number of hydrogen-bond donors (Lipinski definition) is 1. The molecule has 0 aliphatic rings. The minimum atomic E-state index is -0.267. The van der Waals surface area contributed by atoms with Gasteiger partial charge in [-0.25, -0.2) is 4.39 Å². The molecule has 0 fully saturated rings. The standard InChI is InChI=1S/C15H13BrFNO/c16-12-3-1-11(2-4-12)15(19)9-10-18-14-7-5-13(17)6-8-14/h1-8,18H,9-10H2. The van der Waals surface area contributed by atoms with E-state index >= 15 is 0 Å². The highest BCUT2D eigenvalue weighted by molar-refractivity contribution is 9.10. The zero-order valence-electron chi connectivity index (χ0n) is 10.2. The first kappa shape index (κ1) is 13.7. The van der Waals surface area contributed by atoms with E-state index in [1.165, 1.54) is 12.1 Å². The van der Waals surface area contributed by atoms with Gasteiger partial charge in [0, 0.05) is 28.7 Å². The molecule has 19 heavy (non-hydrogen) atoms. The molecule has 2 aromatic rings. The van der Waals surface area contributed by atoms with Crippen molar-refractivity contribution in [3.8, 4) is 0 Å². The number of hydrogen-bond acceptors (Lipinski definition) is 2. The number of nitrogens with one attached hydrogen (secondary N) is 1. The molecular formula is C15H13BrFNO. The average molecular weight is 322 g/mol. The lowest BCUT2D eigenvalue weighted by atomic mass is 10.1. The molecule has 0 unspecified atom stereocenters. The highest BCUT2D eigenvalue weighted by atomic mass is 79.9. The molecule has 4 heteroatoms. The molecule has 2 aromatic carbocycles. The van der Waals surface area contributed by atoms with Crippen LogP contribution in [0.2, 0.25) is 0 Å². The number of ketones is 1. The van der Waals surface area contributed by atoms with E-state index in [0.717, 1.165) is 10.2 Å². The zero-order chi connectivity index (χ0) is 13.7. The number of benzene rings is 2. The predicted octanol–water partition coefficient (Wildman–Crippen LogP) is 4.27. The van der Waals surface area contributed by atoms with E-state index in [4.69, 9.17) is 0 Å². The van der Waals surface area contributed by atoms with Crippen molar-refractivity contribution in [2.24, 2.45) is 0 Å². The van der Waals surface area contributed by atoms with Gasteiger partial charge >= 0.3 is 0 Å². The van der Waals surface area contributed by atoms with Gasteiger partial charge in [-0.3, -0.25) is 4.79 Å². The monoisotopic (exact) mass is 321 g/mol. The largest absolute Gasteiger partial charge is 0.385 e. The SMILES string of the molecule is O=C(CCNc1ccc(F)cc1)c1ccc(Br)cc1. The maximum Gasteiger partial charge on any atom is 0.164 e. The van der Waals surface area contributed by atoms with Crippen molar-refractivity contribution in [2.45, 2.75) is 6.42 Å². The molecule has 0 aliphatic carbocycles. The Bertz CT molecular complexity index is 551. The molecule has 0 bridgehead atoms. The van der Waals surface area contributed by atoms with Crippen molar-refractivity contribution in [2.75, 3.05) is 11.9 Å². The number of rotatable bonds is 5. The van der Waals surface area contributed by atoms with E-state index in [0.29, 0.717) is 18.5 Å². The zero-order valence-corrected chi connectivity index (χ0v) is 11.8. The van der Waals surface area contributed by atoms with Crippen LogP contribution in [-0.2, 0) is 0 Å². The number of anilines is 1. The van der Waals surface area contributed by atoms with E-state index in [1.807, 2.05) is 12.1 Å². The Morgan fingerprint density at radius 3 is 2.32 bits per heavy atom. The first-order chi connectivity index (χ1) is 9.15. The number of halogens is 2. The van der Waals surface area contributed by atoms with Gasteiger partial charge in [0.25, 0.3) is 0 Å². The predicted molar refractivity (Wildman–Crippen MR) is 78.0 cm³/mol. The lowest BCUT2D eigenvalue weighted by Gasteiger charge is -2.06. The summed E-state index contributed by atoms with van der Waals surface area (Å²) in [5.74, 6) is -0.182. The fourth-order valence-electron chi connectivity index (χ4n) is 1.67. The molecule has 0 saturated heterocycles. The van der Waals surface area contributed by atoms with Crippen molar-refractivity contribution in [3.63, 3.8) is 0 Å². The summed E-state index contributed by atoms with van der Waals surface area (Å²) in [6.45, 7) is 0.528. The summed E-state index contributed by atoms with van der Waals surface area (Å²) in [5.41, 5.74) is 1.51. The smallest absolute Gasteiger partial charge is 0.164 e. The Labute approximate surface area is 119 Å². The molecule has 0 aromatic heterocycles. The average Bonchev–Trinajstić information content (AvgIpc) is 2.41.